The van der Waals surface area contributed by atoms with Crippen LogP contribution in [0.4, 0.5) is 0 Å². The molecule has 0 amide bonds. The lowest BCUT2D eigenvalue weighted by Gasteiger charge is -2.34. The molecule has 4 fully saturated rings. The Hall–Kier alpha value is -0.372. The normalized spacial score (nSPS) is 24.4. The van der Waals surface area contributed by atoms with Gasteiger partial charge in [0.2, 0.25) is 0 Å². The Morgan fingerprint density at radius 3 is 1.04 bits per heavy atom. The third-order valence-corrected chi connectivity index (χ3v) is 26.3. The molecule has 0 aromatic carbocycles. The molecule has 10 nitrogen and oxygen atoms in total. The van der Waals surface area contributed by atoms with Crippen molar-refractivity contribution in [2.24, 2.45) is 23.7 Å². The summed E-state index contributed by atoms with van der Waals surface area (Å²) in [5.74, 6) is 2.80. The Kier molecular flexibility index (Phi) is 23.3. The summed E-state index contributed by atoms with van der Waals surface area (Å²) in [5.41, 5.74) is 0. The summed E-state index contributed by atoms with van der Waals surface area (Å²) in [6.07, 6.45) is 15.1. The van der Waals surface area contributed by atoms with Gasteiger partial charge in [-0.1, -0.05) is 13.2 Å². The molecule has 0 N–H and O–H groups in total. The van der Waals surface area contributed by atoms with Crippen LogP contribution in [-0.4, -0.2) is 112 Å². The minimum atomic E-state index is -1.73. The van der Waals surface area contributed by atoms with Gasteiger partial charge in [-0.15, -0.1) is 0 Å². The van der Waals surface area contributed by atoms with Gasteiger partial charge >= 0.3 is 0 Å². The first-order valence-electron chi connectivity index (χ1n) is 22.1. The highest BCUT2D eigenvalue weighted by Gasteiger charge is 2.36. The van der Waals surface area contributed by atoms with Gasteiger partial charge in [0.05, 0.1) is 52.2 Å². The third kappa shape index (κ3) is 22.3. The van der Waals surface area contributed by atoms with Crippen LogP contribution in [0.5, 0.6) is 0 Å². The highest BCUT2D eigenvalue weighted by atomic mass is 28.4. The summed E-state index contributed by atoms with van der Waals surface area (Å²) in [6.45, 7) is 33.9. The van der Waals surface area contributed by atoms with Gasteiger partial charge < -0.3 is 46.1 Å². The Morgan fingerprint density at radius 2 is 0.732 bits per heavy atom. The van der Waals surface area contributed by atoms with Crippen molar-refractivity contribution >= 4 is 33.3 Å². The van der Waals surface area contributed by atoms with Crippen molar-refractivity contribution in [1.82, 2.24) is 0 Å². The van der Waals surface area contributed by atoms with E-state index in [0.717, 1.165) is 103 Å². The van der Waals surface area contributed by atoms with E-state index >= 15 is 0 Å². The lowest BCUT2D eigenvalue weighted by atomic mass is 9.83. The molecular weight excluding hydrogens is 777 g/mol. The first kappa shape index (κ1) is 50.0. The molecule has 2 saturated heterocycles. The zero-order valence-electron chi connectivity index (χ0n) is 37.1. The fourth-order valence-electron chi connectivity index (χ4n) is 8.45. The molecule has 56 heavy (non-hydrogen) atoms. The Labute approximate surface area is 346 Å². The van der Waals surface area contributed by atoms with Gasteiger partial charge in [-0.25, -0.2) is 0 Å². The van der Waals surface area contributed by atoms with Crippen LogP contribution in [0, 0.1) is 23.7 Å². The van der Waals surface area contributed by atoms with Gasteiger partial charge in [-0.05, 0) is 164 Å². The van der Waals surface area contributed by atoms with Crippen molar-refractivity contribution in [3.8, 4) is 0 Å². The first-order chi connectivity index (χ1) is 26.6. The predicted octanol–water partition coefficient (Wildman–Crippen LogP) is 10.3. The molecule has 14 heteroatoms. The molecule has 0 bridgehead atoms. The number of hydrogen-bond acceptors (Lipinski definition) is 10. The second-order valence-electron chi connectivity index (χ2n) is 19.1. The van der Waals surface area contributed by atoms with Crippen LogP contribution in [0.3, 0.4) is 0 Å². The summed E-state index contributed by atoms with van der Waals surface area (Å²) in [5, 5.41) is 0. The van der Waals surface area contributed by atoms with Crippen molar-refractivity contribution in [2.75, 3.05) is 66.1 Å². The molecule has 0 atom stereocenters. The minimum Gasteiger partial charge on any atom is -0.502 e. The zero-order valence-corrected chi connectivity index (χ0v) is 41.1. The van der Waals surface area contributed by atoms with E-state index in [4.69, 9.17) is 46.1 Å². The maximum atomic E-state index is 6.79. The van der Waals surface area contributed by atoms with Crippen LogP contribution in [0.15, 0.2) is 25.7 Å². The SMILES string of the molecule is C=COCC1CCC(COCC[Si](C)(C)O[Si](C)(C)CCOCC2CCC(COC=C)CC2)CC1.C[Si](C)(CCC1OCCO1)O[Si](C)(C)CCC1OCCO1. The summed E-state index contributed by atoms with van der Waals surface area (Å²) in [4.78, 5) is 0. The monoisotopic (exact) mass is 861 g/mol. The largest absolute Gasteiger partial charge is 0.502 e. The summed E-state index contributed by atoms with van der Waals surface area (Å²) in [6, 6.07) is 4.33. The number of hydrogen-bond donors (Lipinski definition) is 0. The molecule has 4 aliphatic rings. The molecule has 2 saturated carbocycles. The summed E-state index contributed by atoms with van der Waals surface area (Å²) >= 11 is 0. The van der Waals surface area contributed by atoms with Gasteiger partial charge in [0.15, 0.2) is 45.8 Å². The molecule has 2 aliphatic heterocycles. The van der Waals surface area contributed by atoms with E-state index in [0.29, 0.717) is 23.7 Å². The highest BCUT2D eigenvalue weighted by Crippen LogP contribution is 2.31. The number of rotatable bonds is 26. The van der Waals surface area contributed by atoms with Gasteiger partial charge in [0, 0.05) is 26.4 Å². The van der Waals surface area contributed by atoms with E-state index in [1.54, 1.807) is 12.5 Å². The van der Waals surface area contributed by atoms with E-state index < -0.39 is 33.3 Å². The third-order valence-electron chi connectivity index (χ3n) is 11.7. The lowest BCUT2D eigenvalue weighted by molar-refractivity contribution is -0.0438. The fourth-order valence-corrected chi connectivity index (χ4v) is 25.2. The standard InChI is InChI=1S/C28H54O5Si2.C14H30O5Si2/c1-7-29-21-25-9-13-27(14-10-25)23-31-17-19-34(3,4)33-35(5,6)20-18-32-24-28-15-11-26(12-16-28)22-30-8-2;1-20(2,11-5-13-15-7-8-16-13)19-21(3,4)12-6-14-17-9-10-18-14/h7-8,25-28H,1-2,9-24H2,3-6H3;13-14H,5-12H2,1-4H3. The van der Waals surface area contributed by atoms with Crippen molar-refractivity contribution < 1.29 is 46.1 Å². The molecular formula is C42H84O10Si4. The van der Waals surface area contributed by atoms with Gasteiger partial charge in [-0.3, -0.25) is 0 Å². The van der Waals surface area contributed by atoms with Crippen LogP contribution < -0.4 is 0 Å². The van der Waals surface area contributed by atoms with Crippen LogP contribution in [-0.2, 0) is 46.1 Å². The molecule has 2 aliphatic carbocycles. The van der Waals surface area contributed by atoms with Gasteiger partial charge in [-0.2, -0.15) is 0 Å². The minimum absolute atomic E-state index is 0.00885. The smallest absolute Gasteiger partial charge is 0.175 e. The van der Waals surface area contributed by atoms with E-state index in [2.05, 4.69) is 65.5 Å². The Balaban J connectivity index is 0.000000340. The maximum Gasteiger partial charge on any atom is 0.175 e. The number of ether oxygens (including phenoxy) is 8. The molecule has 0 aromatic rings. The second kappa shape index (κ2) is 26.1. The van der Waals surface area contributed by atoms with Gasteiger partial charge in [0.1, 0.15) is 0 Å². The van der Waals surface area contributed by atoms with E-state index in [1.807, 2.05) is 0 Å². The molecule has 0 unspecified atom stereocenters. The zero-order chi connectivity index (χ0) is 40.9. The van der Waals surface area contributed by atoms with Crippen LogP contribution in [0.2, 0.25) is 76.6 Å². The molecule has 0 radical (unpaired) electrons. The van der Waals surface area contributed by atoms with Crippen molar-refractivity contribution in [2.45, 2.75) is 153 Å². The topological polar surface area (TPSA) is 92.3 Å². The average Bonchev–Trinajstić information content (AvgIpc) is 3.88. The predicted molar refractivity (Wildman–Crippen MR) is 237 cm³/mol. The Bertz CT molecular complexity index is 972. The highest BCUT2D eigenvalue weighted by molar-refractivity contribution is 6.85. The molecule has 2 heterocycles. The fraction of sp³-hybridized carbons (Fsp3) is 0.905. The first-order valence-corrected chi connectivity index (χ1v) is 34.5. The quantitative estimate of drug-likeness (QED) is 0.0476. The van der Waals surface area contributed by atoms with E-state index in [1.165, 1.54) is 51.4 Å². The van der Waals surface area contributed by atoms with Crippen LogP contribution in [0.1, 0.15) is 64.2 Å². The van der Waals surface area contributed by atoms with Crippen molar-refractivity contribution in [1.29, 1.82) is 0 Å². The summed E-state index contributed by atoms with van der Waals surface area (Å²) < 4.78 is 58.4. The van der Waals surface area contributed by atoms with E-state index in [9.17, 15) is 0 Å². The van der Waals surface area contributed by atoms with E-state index in [-0.39, 0.29) is 12.6 Å². The van der Waals surface area contributed by atoms with Crippen LogP contribution in [0.25, 0.3) is 0 Å². The maximum absolute atomic E-state index is 6.79. The van der Waals surface area contributed by atoms with Gasteiger partial charge in [0.25, 0.3) is 0 Å². The molecule has 4 rings (SSSR count). The average molecular weight is 861 g/mol. The van der Waals surface area contributed by atoms with Crippen molar-refractivity contribution in [3.63, 3.8) is 0 Å². The second-order valence-corrected chi connectivity index (χ2v) is 36.8. The molecule has 0 aromatic heterocycles. The lowest BCUT2D eigenvalue weighted by Crippen LogP contribution is -2.45. The van der Waals surface area contributed by atoms with Crippen LogP contribution >= 0.6 is 0 Å². The van der Waals surface area contributed by atoms with Crippen molar-refractivity contribution in [3.05, 3.63) is 25.7 Å². The molecule has 0 spiro atoms. The Morgan fingerprint density at radius 1 is 0.446 bits per heavy atom. The molecule has 328 valence electrons. The summed E-state index contributed by atoms with van der Waals surface area (Å²) in [7, 11) is -6.78.